The van der Waals surface area contributed by atoms with Crippen LogP contribution in [0.4, 0.5) is 0 Å². The van der Waals surface area contributed by atoms with Crippen LogP contribution in [0.1, 0.15) is 112 Å². The van der Waals surface area contributed by atoms with Gasteiger partial charge in [0.25, 0.3) is 11.8 Å². The number of aromatic nitrogens is 4. The molecule has 8 bridgehead atoms. The van der Waals surface area contributed by atoms with Gasteiger partial charge in [0.2, 0.25) is 7.98 Å². The number of nitrogens with one attached hydrogen (secondary N) is 2. The first-order valence-corrected chi connectivity index (χ1v) is 15.0. The number of allylic oxidation sites excluding steroid dienone is 2. The van der Waals surface area contributed by atoms with Crippen molar-refractivity contribution in [2.45, 2.75) is 65.7 Å². The summed E-state index contributed by atoms with van der Waals surface area (Å²) >= 11 is 0. The summed E-state index contributed by atoms with van der Waals surface area (Å²) in [4.78, 5) is 58.1. The monoisotopic (exact) mass is 589 g/mol. The molecular weight excluding hydrogens is 553 g/mol. The molecule has 0 spiro atoms. The lowest BCUT2D eigenvalue weighted by molar-refractivity contribution is -0.140. The first kappa shape index (κ1) is 29.4. The van der Waals surface area contributed by atoms with E-state index in [1.165, 1.54) is 15.1 Å². The maximum atomic E-state index is 13.9. The number of imide groups is 1. The van der Waals surface area contributed by atoms with Crippen molar-refractivity contribution >= 4 is 65.1 Å². The maximum Gasteiger partial charge on any atom is 0.305 e. The van der Waals surface area contributed by atoms with Crippen molar-refractivity contribution in [3.63, 3.8) is 0 Å². The normalized spacial score (nSPS) is 17.8. The maximum absolute atomic E-state index is 13.9. The third-order valence-corrected chi connectivity index (χ3v) is 9.56. The summed E-state index contributed by atoms with van der Waals surface area (Å²) in [7, 11) is 2.88. The lowest BCUT2D eigenvalue weighted by Gasteiger charge is -2.24. The number of methoxy groups -OCH3 is 1. The van der Waals surface area contributed by atoms with Gasteiger partial charge in [-0.3, -0.25) is 19.4 Å². The molecule has 2 atom stereocenters. The van der Waals surface area contributed by atoms with Crippen LogP contribution < -0.4 is 0 Å². The number of aromatic amines is 2. The molecule has 3 aliphatic heterocycles. The van der Waals surface area contributed by atoms with E-state index in [2.05, 4.69) is 43.4 Å². The van der Waals surface area contributed by atoms with Gasteiger partial charge in [0.15, 0.2) is 0 Å². The molecular formula is C34H36BN5O4. The fourth-order valence-electron chi connectivity index (χ4n) is 6.85. The summed E-state index contributed by atoms with van der Waals surface area (Å²) in [5.74, 6) is -1.49. The van der Waals surface area contributed by atoms with Gasteiger partial charge >= 0.3 is 5.97 Å². The van der Waals surface area contributed by atoms with Gasteiger partial charge in [-0.15, -0.1) is 0 Å². The Kier molecular flexibility index (Phi) is 7.18. The van der Waals surface area contributed by atoms with Crippen LogP contribution in [0.5, 0.6) is 0 Å². The van der Waals surface area contributed by atoms with Crippen molar-refractivity contribution in [2.24, 2.45) is 0 Å². The van der Waals surface area contributed by atoms with E-state index < -0.39 is 5.91 Å². The van der Waals surface area contributed by atoms with E-state index in [4.69, 9.17) is 14.7 Å². The lowest BCUT2D eigenvalue weighted by atomic mass is 9.84. The molecule has 44 heavy (non-hydrogen) atoms. The largest absolute Gasteiger partial charge is 0.469 e. The Morgan fingerprint density at radius 1 is 1.02 bits per heavy atom. The molecule has 10 heteroatoms. The highest BCUT2D eigenvalue weighted by Gasteiger charge is 2.39. The van der Waals surface area contributed by atoms with Crippen LogP contribution >= 0.6 is 0 Å². The SMILES string of the molecule is BN1C(=O)c2c3nc(cc4[nH]c(cc5nc(cc6[nH]c2c(c6C)C1=O)C(CC)=C5C)c(C=C)c4C)C(C)[C@@H]3CCC(=O)OC. The van der Waals surface area contributed by atoms with E-state index in [0.717, 1.165) is 67.2 Å². The lowest BCUT2D eigenvalue weighted by Crippen LogP contribution is -2.38. The van der Waals surface area contributed by atoms with Crippen molar-refractivity contribution in [3.8, 4) is 0 Å². The zero-order valence-corrected chi connectivity index (χ0v) is 26.3. The molecule has 3 aliphatic rings. The predicted molar refractivity (Wildman–Crippen MR) is 175 cm³/mol. The highest BCUT2D eigenvalue weighted by molar-refractivity contribution is 6.36. The van der Waals surface area contributed by atoms with Crippen molar-refractivity contribution in [2.75, 3.05) is 7.11 Å². The minimum Gasteiger partial charge on any atom is -0.469 e. The van der Waals surface area contributed by atoms with Crippen molar-refractivity contribution in [3.05, 3.63) is 75.4 Å². The summed E-state index contributed by atoms with van der Waals surface area (Å²) in [5.41, 5.74) is 11.7. The summed E-state index contributed by atoms with van der Waals surface area (Å²) in [6.45, 7) is 14.3. The van der Waals surface area contributed by atoms with Gasteiger partial charge in [-0.2, -0.15) is 0 Å². The number of amides is 2. The number of hydrogen-bond acceptors (Lipinski definition) is 6. The standard InChI is InChI=1S/C34H36BN5O4/c1-8-19-15(3)22-12-24-17(5)21(10-11-28(41)44-7)31(38-24)30-32-29(33(42)40(35)34(30)43)18(6)25(39-32)14-27-20(9-2)16(4)23(37-27)13-26(19)36-22/h8,12-14,17,21,36,39H,1,9-11,35H2,2-7H3/t17?,21-/m0/s1. The molecule has 224 valence electrons. The number of hydrogen-bond donors (Lipinski definition) is 2. The Bertz CT molecular complexity index is 2000. The average Bonchev–Trinajstić information content (AvgIpc) is 3.68. The van der Waals surface area contributed by atoms with Crippen molar-refractivity contribution < 1.29 is 19.1 Å². The van der Waals surface area contributed by atoms with Crippen LogP contribution in [0, 0.1) is 13.8 Å². The third kappa shape index (κ3) is 4.34. The van der Waals surface area contributed by atoms with Gasteiger partial charge in [-0.05, 0) is 74.1 Å². The van der Waals surface area contributed by atoms with Crippen LogP contribution in [0.2, 0.25) is 0 Å². The Morgan fingerprint density at radius 2 is 1.70 bits per heavy atom. The molecule has 3 aromatic heterocycles. The number of fused-ring (bicyclic) bond motifs is 8. The third-order valence-electron chi connectivity index (χ3n) is 9.56. The molecule has 6 heterocycles. The molecule has 1 unspecified atom stereocenters. The van der Waals surface area contributed by atoms with Gasteiger partial charge < -0.3 is 19.5 Å². The number of ether oxygens (including phenoxy) is 1. The van der Waals surface area contributed by atoms with Crippen LogP contribution in [-0.2, 0) is 9.53 Å². The molecule has 0 aliphatic carbocycles. The van der Waals surface area contributed by atoms with Crippen LogP contribution in [0.3, 0.4) is 0 Å². The predicted octanol–water partition coefficient (Wildman–Crippen LogP) is 5.90. The van der Waals surface area contributed by atoms with Gasteiger partial charge in [-0.25, -0.2) is 4.98 Å². The first-order valence-electron chi connectivity index (χ1n) is 15.0. The summed E-state index contributed by atoms with van der Waals surface area (Å²) in [6.07, 6.45) is 3.24. The minimum atomic E-state index is -0.424. The molecule has 6 rings (SSSR count). The highest BCUT2D eigenvalue weighted by Crippen LogP contribution is 2.44. The zero-order chi connectivity index (χ0) is 31.6. The quantitative estimate of drug-likeness (QED) is 0.217. The number of rotatable bonds is 5. The molecule has 2 amide bonds. The molecule has 0 fully saturated rings. The molecule has 0 aromatic carbocycles. The minimum absolute atomic E-state index is 0.116. The second-order valence-corrected chi connectivity index (χ2v) is 11.9. The van der Waals surface area contributed by atoms with Crippen molar-refractivity contribution in [1.82, 2.24) is 24.7 Å². The molecule has 0 saturated heterocycles. The Balaban J connectivity index is 1.81. The fraction of sp³-hybridized carbons (Fsp3) is 0.324. The number of aryl methyl sites for hydroxylation is 2. The summed E-state index contributed by atoms with van der Waals surface area (Å²) < 4.78 is 4.95. The molecule has 0 radical (unpaired) electrons. The molecule has 9 nitrogen and oxygen atoms in total. The van der Waals surface area contributed by atoms with Crippen LogP contribution in [0.15, 0.2) is 24.8 Å². The summed E-state index contributed by atoms with van der Waals surface area (Å²) in [5, 5.41) is 0. The van der Waals surface area contributed by atoms with Crippen LogP contribution in [0.25, 0.3) is 39.3 Å². The van der Waals surface area contributed by atoms with E-state index in [9.17, 15) is 14.4 Å². The second-order valence-electron chi connectivity index (χ2n) is 11.9. The number of carbonyl (C=O) groups excluding carboxylic acids is 3. The first-order chi connectivity index (χ1) is 21.0. The summed E-state index contributed by atoms with van der Waals surface area (Å²) in [6, 6.07) is 6.05. The van der Waals surface area contributed by atoms with E-state index >= 15 is 0 Å². The Labute approximate surface area is 256 Å². The van der Waals surface area contributed by atoms with Gasteiger partial charge in [0.05, 0.1) is 40.8 Å². The second kappa shape index (κ2) is 10.8. The van der Waals surface area contributed by atoms with Gasteiger partial charge in [-0.1, -0.05) is 26.5 Å². The number of H-pyrrole nitrogens is 2. The molecule has 3 aromatic rings. The smallest absolute Gasteiger partial charge is 0.305 e. The molecule has 0 saturated carbocycles. The van der Waals surface area contributed by atoms with E-state index in [1.54, 1.807) is 0 Å². The zero-order valence-electron chi connectivity index (χ0n) is 26.3. The van der Waals surface area contributed by atoms with Gasteiger partial charge in [0, 0.05) is 46.1 Å². The number of carbonyl (C=O) groups is 3. The van der Waals surface area contributed by atoms with E-state index in [0.29, 0.717) is 34.3 Å². The molecule has 2 N–H and O–H groups in total. The van der Waals surface area contributed by atoms with Gasteiger partial charge in [0.1, 0.15) is 0 Å². The van der Waals surface area contributed by atoms with Crippen molar-refractivity contribution in [1.29, 1.82) is 0 Å². The number of nitrogens with zero attached hydrogens (tertiary/aromatic N) is 3. The topological polar surface area (TPSA) is 121 Å². The Hall–Kier alpha value is -4.73. The number of esters is 1. The van der Waals surface area contributed by atoms with E-state index in [1.807, 2.05) is 32.1 Å². The highest BCUT2D eigenvalue weighted by atomic mass is 16.5. The van der Waals surface area contributed by atoms with Crippen LogP contribution in [-0.4, -0.2) is 57.6 Å². The average molecular weight is 590 g/mol. The fourth-order valence-corrected chi connectivity index (χ4v) is 6.85. The van der Waals surface area contributed by atoms with E-state index in [-0.39, 0.29) is 30.1 Å². The Morgan fingerprint density at radius 3 is 2.39 bits per heavy atom.